The van der Waals surface area contributed by atoms with E-state index in [1.165, 1.54) is 12.3 Å². The third-order valence-electron chi connectivity index (χ3n) is 4.37. The Bertz CT molecular complexity index is 1020. The Balaban J connectivity index is 1.57. The first-order chi connectivity index (χ1) is 13.9. The van der Waals surface area contributed by atoms with E-state index in [1.54, 1.807) is 7.11 Å². The molecule has 3 rings (SSSR count). The van der Waals surface area contributed by atoms with Crippen LogP contribution in [0.25, 0.3) is 11.3 Å². The SMILES string of the molecule is COc1ccc(C(C)NC(=O)CCc2ncc(-c3ccc(F)cc3F)o2)cc1Br. The monoisotopic (exact) mass is 464 g/mol. The number of rotatable bonds is 7. The molecule has 0 spiro atoms. The van der Waals surface area contributed by atoms with Crippen LogP contribution >= 0.6 is 15.9 Å². The number of carbonyl (C=O) groups excluding carboxylic acids is 1. The van der Waals surface area contributed by atoms with E-state index < -0.39 is 11.6 Å². The first-order valence-corrected chi connectivity index (χ1v) is 9.69. The van der Waals surface area contributed by atoms with E-state index in [9.17, 15) is 13.6 Å². The predicted molar refractivity (Wildman–Crippen MR) is 107 cm³/mol. The van der Waals surface area contributed by atoms with Gasteiger partial charge >= 0.3 is 0 Å². The van der Waals surface area contributed by atoms with Crippen LogP contribution in [-0.2, 0) is 11.2 Å². The summed E-state index contributed by atoms with van der Waals surface area (Å²) in [6, 6.07) is 8.61. The number of aryl methyl sites for hydroxylation is 1. The number of methoxy groups -OCH3 is 1. The number of amides is 1. The summed E-state index contributed by atoms with van der Waals surface area (Å²) in [5, 5.41) is 2.91. The fourth-order valence-electron chi connectivity index (χ4n) is 2.81. The zero-order chi connectivity index (χ0) is 21.0. The summed E-state index contributed by atoms with van der Waals surface area (Å²) in [7, 11) is 1.59. The number of ether oxygens (including phenoxy) is 1. The Morgan fingerprint density at radius 1 is 1.28 bits per heavy atom. The second-order valence-corrected chi connectivity index (χ2v) is 7.28. The molecule has 1 amide bonds. The molecule has 0 fully saturated rings. The van der Waals surface area contributed by atoms with Gasteiger partial charge in [0.25, 0.3) is 0 Å². The fraction of sp³-hybridized carbons (Fsp3) is 0.238. The summed E-state index contributed by atoms with van der Waals surface area (Å²) in [6.07, 6.45) is 1.78. The maximum absolute atomic E-state index is 13.8. The van der Waals surface area contributed by atoms with Gasteiger partial charge in [0.1, 0.15) is 17.4 Å². The van der Waals surface area contributed by atoms with Crippen molar-refractivity contribution in [2.45, 2.75) is 25.8 Å². The lowest BCUT2D eigenvalue weighted by atomic mass is 10.1. The number of nitrogens with zero attached hydrogens (tertiary/aromatic N) is 1. The van der Waals surface area contributed by atoms with E-state index in [2.05, 4.69) is 26.2 Å². The zero-order valence-corrected chi connectivity index (χ0v) is 17.4. The lowest BCUT2D eigenvalue weighted by Gasteiger charge is -2.15. The van der Waals surface area contributed by atoms with Crippen molar-refractivity contribution < 1.29 is 22.7 Å². The molecule has 0 aliphatic rings. The zero-order valence-electron chi connectivity index (χ0n) is 15.8. The van der Waals surface area contributed by atoms with Crippen LogP contribution in [0.2, 0.25) is 0 Å². The molecule has 1 unspecified atom stereocenters. The second-order valence-electron chi connectivity index (χ2n) is 6.43. The normalized spacial score (nSPS) is 11.9. The highest BCUT2D eigenvalue weighted by molar-refractivity contribution is 9.10. The van der Waals surface area contributed by atoms with Crippen LogP contribution in [0.5, 0.6) is 5.75 Å². The van der Waals surface area contributed by atoms with Crippen LogP contribution in [0, 0.1) is 11.6 Å². The number of carbonyl (C=O) groups is 1. The van der Waals surface area contributed by atoms with Gasteiger partial charge in [-0.15, -0.1) is 0 Å². The number of halogens is 3. The Kier molecular flexibility index (Phi) is 6.64. The first kappa shape index (κ1) is 21.0. The van der Waals surface area contributed by atoms with Crippen LogP contribution in [0.15, 0.2) is 51.5 Å². The number of hydrogen-bond donors (Lipinski definition) is 1. The van der Waals surface area contributed by atoms with Gasteiger partial charge in [-0.1, -0.05) is 6.07 Å². The maximum Gasteiger partial charge on any atom is 0.220 e. The summed E-state index contributed by atoms with van der Waals surface area (Å²) in [5.41, 5.74) is 1.05. The molecule has 0 radical (unpaired) electrons. The molecule has 0 aliphatic carbocycles. The van der Waals surface area contributed by atoms with Crippen molar-refractivity contribution in [2.75, 3.05) is 7.11 Å². The lowest BCUT2D eigenvalue weighted by Crippen LogP contribution is -2.26. The number of benzene rings is 2. The summed E-state index contributed by atoms with van der Waals surface area (Å²) in [5.74, 6) is -0.361. The molecule has 0 aliphatic heterocycles. The third kappa shape index (κ3) is 5.20. The minimum Gasteiger partial charge on any atom is -0.496 e. The standard InChI is InChI=1S/C21H19BrF2N2O3/c1-12(13-3-6-18(28-2)16(22)9-13)26-20(27)7-8-21-25-11-19(29-21)15-5-4-14(23)10-17(15)24/h3-6,9-12H,7-8H2,1-2H3,(H,26,27). The highest BCUT2D eigenvalue weighted by Gasteiger charge is 2.15. The van der Waals surface area contributed by atoms with Gasteiger partial charge in [0, 0.05) is 18.9 Å². The van der Waals surface area contributed by atoms with Gasteiger partial charge in [-0.3, -0.25) is 4.79 Å². The molecule has 1 aromatic heterocycles. The summed E-state index contributed by atoms with van der Waals surface area (Å²) in [4.78, 5) is 16.3. The minimum absolute atomic E-state index is 0.119. The van der Waals surface area contributed by atoms with E-state index in [0.717, 1.165) is 22.2 Å². The van der Waals surface area contributed by atoms with Gasteiger partial charge < -0.3 is 14.5 Å². The highest BCUT2D eigenvalue weighted by Crippen LogP contribution is 2.28. The van der Waals surface area contributed by atoms with Gasteiger partial charge in [-0.2, -0.15) is 0 Å². The Morgan fingerprint density at radius 3 is 2.76 bits per heavy atom. The molecule has 0 saturated carbocycles. The van der Waals surface area contributed by atoms with Crippen LogP contribution < -0.4 is 10.1 Å². The van der Waals surface area contributed by atoms with Crippen LogP contribution in [0.1, 0.15) is 30.8 Å². The number of aromatic nitrogens is 1. The molecule has 0 saturated heterocycles. The van der Waals surface area contributed by atoms with Gasteiger partial charge in [-0.05, 0) is 52.7 Å². The van der Waals surface area contributed by atoms with Gasteiger partial charge in [0.2, 0.25) is 5.91 Å². The molecule has 1 N–H and O–H groups in total. The summed E-state index contributed by atoms with van der Waals surface area (Å²) >= 11 is 3.43. The Morgan fingerprint density at radius 2 is 2.07 bits per heavy atom. The van der Waals surface area contributed by atoms with E-state index in [4.69, 9.17) is 9.15 Å². The maximum atomic E-state index is 13.8. The van der Waals surface area contributed by atoms with Gasteiger partial charge in [0.15, 0.2) is 11.7 Å². The fourth-order valence-corrected chi connectivity index (χ4v) is 3.37. The van der Waals surface area contributed by atoms with E-state index in [-0.39, 0.29) is 36.1 Å². The lowest BCUT2D eigenvalue weighted by molar-refractivity contribution is -0.121. The van der Waals surface area contributed by atoms with Gasteiger partial charge in [0.05, 0.1) is 29.4 Å². The molecule has 29 heavy (non-hydrogen) atoms. The average molecular weight is 465 g/mol. The van der Waals surface area contributed by atoms with Crippen molar-refractivity contribution in [1.29, 1.82) is 0 Å². The highest BCUT2D eigenvalue weighted by atomic mass is 79.9. The van der Waals surface area contributed by atoms with Crippen molar-refractivity contribution in [2.24, 2.45) is 0 Å². The minimum atomic E-state index is -0.732. The number of oxazole rings is 1. The number of nitrogens with one attached hydrogen (secondary N) is 1. The Labute approximate surface area is 175 Å². The molecule has 5 nitrogen and oxygen atoms in total. The van der Waals surface area contributed by atoms with Crippen LogP contribution in [0.3, 0.4) is 0 Å². The Hall–Kier alpha value is -2.74. The molecule has 8 heteroatoms. The second kappa shape index (κ2) is 9.17. The van der Waals surface area contributed by atoms with Crippen molar-refractivity contribution in [3.63, 3.8) is 0 Å². The smallest absolute Gasteiger partial charge is 0.220 e. The van der Waals surface area contributed by atoms with Crippen LogP contribution in [-0.4, -0.2) is 18.0 Å². The number of hydrogen-bond acceptors (Lipinski definition) is 4. The van der Waals surface area contributed by atoms with E-state index >= 15 is 0 Å². The molecule has 1 atom stereocenters. The predicted octanol–water partition coefficient (Wildman–Crippen LogP) is 5.20. The average Bonchev–Trinajstić information content (AvgIpc) is 3.15. The molecular weight excluding hydrogens is 446 g/mol. The van der Waals surface area contributed by atoms with Crippen molar-refractivity contribution in [1.82, 2.24) is 10.3 Å². The molecule has 0 bridgehead atoms. The largest absolute Gasteiger partial charge is 0.496 e. The molecule has 3 aromatic rings. The third-order valence-corrected chi connectivity index (χ3v) is 4.99. The van der Waals surface area contributed by atoms with Crippen molar-refractivity contribution in [3.8, 4) is 17.1 Å². The van der Waals surface area contributed by atoms with E-state index in [0.29, 0.717) is 11.6 Å². The molecular formula is C21H19BrF2N2O3. The van der Waals surface area contributed by atoms with Gasteiger partial charge in [-0.25, -0.2) is 13.8 Å². The van der Waals surface area contributed by atoms with Crippen molar-refractivity contribution in [3.05, 3.63) is 70.2 Å². The first-order valence-electron chi connectivity index (χ1n) is 8.90. The molecule has 2 aromatic carbocycles. The summed E-state index contributed by atoms with van der Waals surface area (Å²) in [6.45, 7) is 1.88. The summed E-state index contributed by atoms with van der Waals surface area (Å²) < 4.78 is 38.4. The van der Waals surface area contributed by atoms with Crippen LogP contribution in [0.4, 0.5) is 8.78 Å². The molecule has 1 heterocycles. The quantitative estimate of drug-likeness (QED) is 0.521. The molecule has 152 valence electrons. The topological polar surface area (TPSA) is 64.4 Å². The van der Waals surface area contributed by atoms with E-state index in [1.807, 2.05) is 25.1 Å². The van der Waals surface area contributed by atoms with Crippen molar-refractivity contribution >= 4 is 21.8 Å².